The Hall–Kier alpha value is -0.290. The SMILES string of the molecule is CCCC1(OCC(F)(F)F)CO1. The zero-order valence-electron chi connectivity index (χ0n) is 6.78. The highest BCUT2D eigenvalue weighted by atomic mass is 19.4. The van der Waals surface area contributed by atoms with E-state index in [1.54, 1.807) is 0 Å². The van der Waals surface area contributed by atoms with E-state index in [1.165, 1.54) is 0 Å². The van der Waals surface area contributed by atoms with Gasteiger partial charge in [0.05, 0.1) is 0 Å². The van der Waals surface area contributed by atoms with Gasteiger partial charge in [-0.3, -0.25) is 0 Å². The van der Waals surface area contributed by atoms with Gasteiger partial charge in [-0.15, -0.1) is 0 Å². The molecule has 0 saturated carbocycles. The Balaban J connectivity index is 2.22. The van der Waals surface area contributed by atoms with Crippen molar-refractivity contribution in [3.8, 4) is 0 Å². The standard InChI is InChI=1S/C7H11F3O2/c1-2-3-6(4-11-6)12-5-7(8,9)10/h2-5H2,1H3. The normalized spacial score (nSPS) is 29.0. The molecule has 1 atom stereocenters. The molecular weight excluding hydrogens is 173 g/mol. The molecule has 0 aromatic rings. The van der Waals surface area contributed by atoms with Crippen LogP contribution in [0.2, 0.25) is 0 Å². The highest BCUT2D eigenvalue weighted by molar-refractivity contribution is 4.81. The van der Waals surface area contributed by atoms with Crippen molar-refractivity contribution in [2.24, 2.45) is 0 Å². The van der Waals surface area contributed by atoms with E-state index in [-0.39, 0.29) is 6.61 Å². The summed E-state index contributed by atoms with van der Waals surface area (Å²) < 4.78 is 44.4. The zero-order valence-corrected chi connectivity index (χ0v) is 6.78. The lowest BCUT2D eigenvalue weighted by atomic mass is 10.2. The van der Waals surface area contributed by atoms with Gasteiger partial charge in [0.25, 0.3) is 0 Å². The topological polar surface area (TPSA) is 21.8 Å². The van der Waals surface area contributed by atoms with Crippen LogP contribution >= 0.6 is 0 Å². The van der Waals surface area contributed by atoms with Gasteiger partial charge in [-0.2, -0.15) is 13.2 Å². The second kappa shape index (κ2) is 3.22. The molecule has 1 unspecified atom stereocenters. The second-order valence-electron chi connectivity index (χ2n) is 2.85. The van der Waals surface area contributed by atoms with E-state index in [9.17, 15) is 13.2 Å². The molecule has 12 heavy (non-hydrogen) atoms. The van der Waals surface area contributed by atoms with E-state index in [0.717, 1.165) is 6.42 Å². The van der Waals surface area contributed by atoms with Crippen LogP contribution in [0, 0.1) is 0 Å². The summed E-state index contributed by atoms with van der Waals surface area (Å²) >= 11 is 0. The van der Waals surface area contributed by atoms with Crippen LogP contribution in [-0.4, -0.2) is 25.2 Å². The van der Waals surface area contributed by atoms with E-state index in [4.69, 9.17) is 4.74 Å². The maximum atomic E-state index is 11.7. The van der Waals surface area contributed by atoms with Gasteiger partial charge >= 0.3 is 6.18 Å². The number of hydrogen-bond donors (Lipinski definition) is 0. The third-order valence-corrected chi connectivity index (χ3v) is 1.60. The van der Waals surface area contributed by atoms with Crippen LogP contribution in [0.4, 0.5) is 13.2 Å². The van der Waals surface area contributed by atoms with Gasteiger partial charge in [-0.1, -0.05) is 13.3 Å². The van der Waals surface area contributed by atoms with Crippen LogP contribution in [0.25, 0.3) is 0 Å². The lowest BCUT2D eigenvalue weighted by Gasteiger charge is -2.13. The molecule has 0 aliphatic carbocycles. The van der Waals surface area contributed by atoms with E-state index in [1.807, 2.05) is 6.92 Å². The predicted molar refractivity (Wildman–Crippen MR) is 35.6 cm³/mol. The first-order valence-corrected chi connectivity index (χ1v) is 3.82. The predicted octanol–water partition coefficient (Wildman–Crippen LogP) is 2.09. The largest absolute Gasteiger partial charge is 0.411 e. The van der Waals surface area contributed by atoms with Gasteiger partial charge in [-0.05, 0) is 0 Å². The number of epoxide rings is 1. The molecule has 2 nitrogen and oxygen atoms in total. The number of hydrogen-bond acceptors (Lipinski definition) is 2. The van der Waals surface area contributed by atoms with Gasteiger partial charge in [-0.25, -0.2) is 0 Å². The fourth-order valence-corrected chi connectivity index (χ4v) is 0.975. The summed E-state index contributed by atoms with van der Waals surface area (Å²) in [6, 6.07) is 0. The molecule has 0 N–H and O–H groups in total. The first-order chi connectivity index (χ1) is 5.47. The smallest absolute Gasteiger partial charge is 0.342 e. The minimum Gasteiger partial charge on any atom is -0.342 e. The molecule has 0 radical (unpaired) electrons. The molecule has 1 rings (SSSR count). The number of halogens is 3. The van der Waals surface area contributed by atoms with Crippen molar-refractivity contribution in [3.05, 3.63) is 0 Å². The molecule has 1 saturated heterocycles. The van der Waals surface area contributed by atoms with Gasteiger partial charge in [0.2, 0.25) is 0 Å². The fourth-order valence-electron chi connectivity index (χ4n) is 0.975. The molecule has 0 bridgehead atoms. The maximum Gasteiger partial charge on any atom is 0.411 e. The monoisotopic (exact) mass is 184 g/mol. The van der Waals surface area contributed by atoms with Gasteiger partial charge in [0, 0.05) is 6.42 Å². The Labute approximate surface area is 68.6 Å². The third-order valence-electron chi connectivity index (χ3n) is 1.60. The first-order valence-electron chi connectivity index (χ1n) is 3.82. The molecule has 1 aliphatic rings. The van der Waals surface area contributed by atoms with Crippen molar-refractivity contribution >= 4 is 0 Å². The van der Waals surface area contributed by atoms with Crippen molar-refractivity contribution < 1.29 is 22.6 Å². The summed E-state index contributed by atoms with van der Waals surface area (Å²) in [5, 5.41) is 0. The Morgan fingerprint density at radius 2 is 2.08 bits per heavy atom. The summed E-state index contributed by atoms with van der Waals surface area (Å²) in [6.45, 7) is 0.949. The fraction of sp³-hybridized carbons (Fsp3) is 1.00. The number of rotatable bonds is 4. The lowest BCUT2D eigenvalue weighted by molar-refractivity contribution is -0.204. The molecule has 0 aromatic carbocycles. The molecule has 0 aromatic heterocycles. The second-order valence-corrected chi connectivity index (χ2v) is 2.85. The zero-order chi connectivity index (χ0) is 9.24. The van der Waals surface area contributed by atoms with Crippen LogP contribution in [-0.2, 0) is 9.47 Å². The van der Waals surface area contributed by atoms with E-state index in [0.29, 0.717) is 6.42 Å². The summed E-state index contributed by atoms with van der Waals surface area (Å²) in [5.41, 5.74) is 0. The summed E-state index contributed by atoms with van der Waals surface area (Å²) in [5.74, 6) is -0.912. The summed E-state index contributed by atoms with van der Waals surface area (Å²) in [7, 11) is 0. The number of alkyl halides is 3. The van der Waals surface area contributed by atoms with Gasteiger partial charge in [0.1, 0.15) is 13.2 Å². The van der Waals surface area contributed by atoms with E-state index >= 15 is 0 Å². The quantitative estimate of drug-likeness (QED) is 0.624. The van der Waals surface area contributed by atoms with Crippen molar-refractivity contribution in [2.75, 3.05) is 13.2 Å². The lowest BCUT2D eigenvalue weighted by Crippen LogP contribution is -2.25. The molecular formula is C7H11F3O2. The molecule has 1 fully saturated rings. The molecule has 0 spiro atoms. The van der Waals surface area contributed by atoms with Crippen LogP contribution in [0.3, 0.4) is 0 Å². The van der Waals surface area contributed by atoms with Crippen LogP contribution in [0.15, 0.2) is 0 Å². The first kappa shape index (κ1) is 9.80. The Morgan fingerprint density at radius 3 is 2.42 bits per heavy atom. The van der Waals surface area contributed by atoms with Crippen molar-refractivity contribution in [3.63, 3.8) is 0 Å². The Morgan fingerprint density at radius 1 is 1.50 bits per heavy atom. The molecule has 5 heteroatoms. The average Bonchev–Trinajstić information content (AvgIpc) is 2.65. The van der Waals surface area contributed by atoms with Crippen molar-refractivity contribution in [1.82, 2.24) is 0 Å². The average molecular weight is 184 g/mol. The van der Waals surface area contributed by atoms with Crippen LogP contribution < -0.4 is 0 Å². The minimum absolute atomic E-state index is 0.289. The van der Waals surface area contributed by atoms with Gasteiger partial charge < -0.3 is 9.47 Å². The Bertz CT molecular complexity index is 151. The van der Waals surface area contributed by atoms with Crippen LogP contribution in [0.5, 0.6) is 0 Å². The molecule has 72 valence electrons. The molecule has 1 aliphatic heterocycles. The van der Waals surface area contributed by atoms with Gasteiger partial charge in [0.15, 0.2) is 5.79 Å². The molecule has 1 heterocycles. The van der Waals surface area contributed by atoms with Crippen molar-refractivity contribution in [2.45, 2.75) is 31.7 Å². The molecule has 0 amide bonds. The highest BCUT2D eigenvalue weighted by Gasteiger charge is 2.47. The number of ether oxygens (including phenoxy) is 2. The summed E-state index contributed by atoms with van der Waals surface area (Å²) in [6.07, 6.45) is -2.96. The van der Waals surface area contributed by atoms with E-state index in [2.05, 4.69) is 4.74 Å². The van der Waals surface area contributed by atoms with E-state index < -0.39 is 18.6 Å². The Kier molecular flexibility index (Phi) is 2.63. The maximum absolute atomic E-state index is 11.7. The third kappa shape index (κ3) is 2.98. The van der Waals surface area contributed by atoms with Crippen LogP contribution in [0.1, 0.15) is 19.8 Å². The highest BCUT2D eigenvalue weighted by Crippen LogP contribution is 2.35. The van der Waals surface area contributed by atoms with Crippen molar-refractivity contribution in [1.29, 1.82) is 0 Å². The minimum atomic E-state index is -4.26. The summed E-state index contributed by atoms with van der Waals surface area (Å²) in [4.78, 5) is 0.